The normalized spacial score (nSPS) is 33.5. The summed E-state index contributed by atoms with van der Waals surface area (Å²) in [5.74, 6) is -1.29. The molecule has 8 heteroatoms. The van der Waals surface area contributed by atoms with Crippen LogP contribution in [0.15, 0.2) is 0 Å². The molecule has 1 saturated heterocycles. The predicted octanol–water partition coefficient (Wildman–Crippen LogP) is 1.59. The van der Waals surface area contributed by atoms with Gasteiger partial charge in [-0.05, 0) is 18.9 Å². The van der Waals surface area contributed by atoms with Gasteiger partial charge in [-0.1, -0.05) is 0 Å². The molecule has 4 rings (SSSR count). The van der Waals surface area contributed by atoms with Gasteiger partial charge in [0, 0.05) is 24.8 Å². The van der Waals surface area contributed by atoms with Crippen LogP contribution in [0.5, 0.6) is 5.88 Å². The summed E-state index contributed by atoms with van der Waals surface area (Å²) in [7, 11) is 0. The van der Waals surface area contributed by atoms with Gasteiger partial charge in [-0.3, -0.25) is 0 Å². The summed E-state index contributed by atoms with van der Waals surface area (Å²) in [6, 6.07) is 0. The number of hydrogen-bond donors (Lipinski definition) is 1. The van der Waals surface area contributed by atoms with E-state index < -0.39 is 5.92 Å². The zero-order valence-electron chi connectivity index (χ0n) is 11.5. The van der Waals surface area contributed by atoms with Crippen molar-refractivity contribution in [3.63, 3.8) is 0 Å². The average molecular weight is 317 g/mol. The number of alkyl halides is 2. The molecule has 3 aliphatic rings. The van der Waals surface area contributed by atoms with Crippen molar-refractivity contribution >= 4 is 11.7 Å². The molecule has 1 aromatic heterocycles. The van der Waals surface area contributed by atoms with Crippen molar-refractivity contribution in [2.45, 2.75) is 36.7 Å². The maximum absolute atomic E-state index is 12.7. The molecule has 2 aliphatic carbocycles. The molecule has 2 unspecified atom stereocenters. The van der Waals surface area contributed by atoms with Crippen LogP contribution in [0.2, 0.25) is 0 Å². The minimum absolute atomic E-state index is 0.124. The molecular formula is C13H17F2N3O2S. The Balaban J connectivity index is 1.26. The van der Waals surface area contributed by atoms with E-state index in [1.54, 1.807) is 0 Å². The molecule has 2 heterocycles. The average Bonchev–Trinajstić information content (AvgIpc) is 2.79. The van der Waals surface area contributed by atoms with E-state index >= 15 is 0 Å². The van der Waals surface area contributed by atoms with Crippen LogP contribution in [0.4, 0.5) is 8.78 Å². The summed E-state index contributed by atoms with van der Waals surface area (Å²) in [4.78, 5) is 0. The van der Waals surface area contributed by atoms with Crippen LogP contribution in [0.3, 0.4) is 0 Å². The van der Waals surface area contributed by atoms with Crippen LogP contribution in [0, 0.1) is 5.92 Å². The molecule has 0 radical (unpaired) electrons. The molecule has 0 spiro atoms. The predicted molar refractivity (Wildman–Crippen MR) is 72.0 cm³/mol. The largest absolute Gasteiger partial charge is 0.473 e. The summed E-state index contributed by atoms with van der Waals surface area (Å²) in [6.45, 7) is 2.62. The fraction of sp³-hybridized carbons (Fsp3) is 0.846. The number of rotatable bonds is 6. The van der Waals surface area contributed by atoms with Gasteiger partial charge in [0.25, 0.3) is 5.92 Å². The highest BCUT2D eigenvalue weighted by atomic mass is 32.1. The lowest BCUT2D eigenvalue weighted by Crippen LogP contribution is -2.41. The highest BCUT2D eigenvalue weighted by Crippen LogP contribution is 2.57. The molecule has 0 bridgehead atoms. The highest BCUT2D eigenvalue weighted by molar-refractivity contribution is 6.99. The molecule has 1 aromatic rings. The van der Waals surface area contributed by atoms with E-state index in [9.17, 15) is 8.78 Å². The third kappa shape index (κ3) is 2.43. The zero-order chi connectivity index (χ0) is 14.5. The summed E-state index contributed by atoms with van der Waals surface area (Å²) >= 11 is 1.17. The van der Waals surface area contributed by atoms with E-state index in [-0.39, 0.29) is 24.4 Å². The molecule has 116 valence electrons. The van der Waals surface area contributed by atoms with E-state index in [0.717, 1.165) is 25.2 Å². The quantitative estimate of drug-likeness (QED) is 0.808. The number of ether oxygens (including phenoxy) is 2. The first-order valence-corrected chi connectivity index (χ1v) is 7.98. The van der Waals surface area contributed by atoms with Crippen LogP contribution < -0.4 is 10.1 Å². The topological polar surface area (TPSA) is 56.3 Å². The maximum atomic E-state index is 12.7. The zero-order valence-corrected chi connectivity index (χ0v) is 12.3. The van der Waals surface area contributed by atoms with Gasteiger partial charge in [0.15, 0.2) is 0 Å². The van der Waals surface area contributed by atoms with E-state index in [1.165, 1.54) is 11.7 Å². The first-order valence-electron chi connectivity index (χ1n) is 7.25. The molecule has 2 saturated carbocycles. The minimum atomic E-state index is -2.53. The lowest BCUT2D eigenvalue weighted by molar-refractivity contribution is -0.167. The molecule has 3 fully saturated rings. The monoisotopic (exact) mass is 317 g/mol. The third-order valence-corrected chi connectivity index (χ3v) is 5.23. The van der Waals surface area contributed by atoms with Gasteiger partial charge in [-0.15, -0.1) is 4.37 Å². The molecule has 21 heavy (non-hydrogen) atoms. The number of nitrogens with one attached hydrogen (secondary N) is 1. The van der Waals surface area contributed by atoms with Crippen LogP contribution in [0.25, 0.3) is 0 Å². The van der Waals surface area contributed by atoms with E-state index in [2.05, 4.69) is 14.1 Å². The molecule has 5 nitrogen and oxygen atoms in total. The van der Waals surface area contributed by atoms with E-state index in [0.29, 0.717) is 25.0 Å². The van der Waals surface area contributed by atoms with Crippen molar-refractivity contribution in [1.82, 2.24) is 14.1 Å². The molecule has 1 aliphatic heterocycles. The van der Waals surface area contributed by atoms with Crippen LogP contribution in [0.1, 0.15) is 25.0 Å². The second-order valence-electron chi connectivity index (χ2n) is 6.21. The maximum Gasteiger partial charge on any atom is 0.253 e. The second kappa shape index (κ2) is 4.82. The number of halogens is 2. The SMILES string of the molecule is FC1(F)CC(OCCOc2nsnc2C23CNCC2C3)C1. The van der Waals surface area contributed by atoms with Crippen LogP contribution >= 0.6 is 11.7 Å². The van der Waals surface area contributed by atoms with E-state index in [1.807, 2.05) is 0 Å². The van der Waals surface area contributed by atoms with Crippen LogP contribution in [-0.2, 0) is 10.2 Å². The first kappa shape index (κ1) is 13.8. The van der Waals surface area contributed by atoms with Crippen molar-refractivity contribution in [3.05, 3.63) is 5.69 Å². The molecule has 0 amide bonds. The van der Waals surface area contributed by atoms with Crippen molar-refractivity contribution in [3.8, 4) is 5.88 Å². The van der Waals surface area contributed by atoms with Crippen LogP contribution in [-0.4, -0.2) is 47.1 Å². The molecular weight excluding hydrogens is 300 g/mol. The molecule has 0 aromatic carbocycles. The fourth-order valence-corrected chi connectivity index (χ4v) is 3.96. The summed E-state index contributed by atoms with van der Waals surface area (Å²) in [5.41, 5.74) is 1.08. The summed E-state index contributed by atoms with van der Waals surface area (Å²) in [5, 5.41) is 3.37. The smallest absolute Gasteiger partial charge is 0.253 e. The standard InChI is InChI=1S/C13H17F2N3O2S/c14-13(15)4-9(5-13)19-1-2-20-11-10(17-21-18-11)12-3-8(12)6-16-7-12/h8-9,16H,1-7H2. The Morgan fingerprint density at radius 1 is 1.24 bits per heavy atom. The van der Waals surface area contributed by atoms with Gasteiger partial charge in [0.1, 0.15) is 12.3 Å². The van der Waals surface area contributed by atoms with Gasteiger partial charge < -0.3 is 14.8 Å². The van der Waals surface area contributed by atoms with E-state index in [4.69, 9.17) is 9.47 Å². The lowest BCUT2D eigenvalue weighted by atomic mass is 9.91. The van der Waals surface area contributed by atoms with Crippen molar-refractivity contribution in [2.75, 3.05) is 26.3 Å². The highest BCUT2D eigenvalue weighted by Gasteiger charge is 2.61. The van der Waals surface area contributed by atoms with Crippen molar-refractivity contribution in [2.24, 2.45) is 5.92 Å². The number of nitrogens with zero attached hydrogens (tertiary/aromatic N) is 2. The Morgan fingerprint density at radius 3 is 2.76 bits per heavy atom. The van der Waals surface area contributed by atoms with Gasteiger partial charge in [0.05, 0.1) is 24.4 Å². The first-order chi connectivity index (χ1) is 10.1. The number of hydrogen-bond acceptors (Lipinski definition) is 6. The van der Waals surface area contributed by atoms with Crippen molar-refractivity contribution < 1.29 is 18.3 Å². The third-order valence-electron chi connectivity index (χ3n) is 4.72. The summed E-state index contributed by atoms with van der Waals surface area (Å²) < 4.78 is 44.9. The summed E-state index contributed by atoms with van der Waals surface area (Å²) in [6.07, 6.45) is 0.470. The second-order valence-corrected chi connectivity index (χ2v) is 6.74. The fourth-order valence-electron chi connectivity index (χ4n) is 3.36. The Bertz CT molecular complexity index is 533. The number of piperidine rings is 1. The minimum Gasteiger partial charge on any atom is -0.473 e. The number of aromatic nitrogens is 2. The van der Waals surface area contributed by atoms with Gasteiger partial charge in [0.2, 0.25) is 5.88 Å². The van der Waals surface area contributed by atoms with Gasteiger partial charge >= 0.3 is 0 Å². The Hall–Kier alpha value is -0.860. The Morgan fingerprint density at radius 2 is 2.10 bits per heavy atom. The van der Waals surface area contributed by atoms with Crippen molar-refractivity contribution in [1.29, 1.82) is 0 Å². The lowest BCUT2D eigenvalue weighted by Gasteiger charge is -2.34. The Kier molecular flexibility index (Phi) is 3.16. The molecule has 2 atom stereocenters. The van der Waals surface area contributed by atoms with Gasteiger partial charge in [-0.25, -0.2) is 8.78 Å². The molecule has 1 N–H and O–H groups in total. The Labute approximate surface area is 125 Å². The van der Waals surface area contributed by atoms with Gasteiger partial charge in [-0.2, -0.15) is 4.37 Å². The number of fused-ring (bicyclic) bond motifs is 1.